The van der Waals surface area contributed by atoms with Gasteiger partial charge in [-0.15, -0.1) is 11.3 Å². The molecular weight excluding hydrogens is 264 g/mol. The van der Waals surface area contributed by atoms with E-state index in [9.17, 15) is 0 Å². The Morgan fingerprint density at radius 3 is 2.85 bits per heavy atom. The summed E-state index contributed by atoms with van der Waals surface area (Å²) < 4.78 is 0. The fourth-order valence-electron chi connectivity index (χ4n) is 3.02. The molecular formula is C17H22N2S. The number of hydrogen-bond donors (Lipinski definition) is 1. The van der Waals surface area contributed by atoms with Gasteiger partial charge in [0.1, 0.15) is 5.01 Å². The predicted octanol–water partition coefficient (Wildman–Crippen LogP) is 4.34. The number of nitrogens with one attached hydrogen (secondary N) is 1. The second-order valence-electron chi connectivity index (χ2n) is 5.79. The van der Waals surface area contributed by atoms with E-state index in [4.69, 9.17) is 4.98 Å². The van der Waals surface area contributed by atoms with Gasteiger partial charge in [0.25, 0.3) is 0 Å². The molecule has 1 heterocycles. The number of aromatic nitrogens is 1. The summed E-state index contributed by atoms with van der Waals surface area (Å²) in [5.41, 5.74) is 2.31. The molecule has 2 atom stereocenters. The largest absolute Gasteiger partial charge is 0.310 e. The van der Waals surface area contributed by atoms with Crippen LogP contribution in [0.4, 0.5) is 0 Å². The van der Waals surface area contributed by atoms with Crippen LogP contribution in [-0.4, -0.2) is 11.5 Å². The van der Waals surface area contributed by atoms with Crippen LogP contribution >= 0.6 is 11.3 Å². The molecule has 3 rings (SSSR count). The van der Waals surface area contributed by atoms with Crippen LogP contribution in [0.5, 0.6) is 0 Å². The monoisotopic (exact) mass is 286 g/mol. The lowest BCUT2D eigenvalue weighted by Crippen LogP contribution is -2.23. The van der Waals surface area contributed by atoms with Gasteiger partial charge in [-0.25, -0.2) is 4.98 Å². The summed E-state index contributed by atoms with van der Waals surface area (Å²) in [6, 6.07) is 10.4. The number of nitrogens with zero attached hydrogens (tertiary/aromatic N) is 1. The van der Waals surface area contributed by atoms with Gasteiger partial charge in [0.05, 0.1) is 5.69 Å². The standard InChI is InChI=1S/C17H22N2S/c1-13-6-5-9-15(13)10-18-11-17-19-16(12-20-17)14-7-3-2-4-8-14/h2-4,7-8,12-13,15,18H,5-6,9-11H2,1H3. The fraction of sp³-hybridized carbons (Fsp3) is 0.471. The lowest BCUT2D eigenvalue weighted by molar-refractivity contribution is 0.392. The second-order valence-corrected chi connectivity index (χ2v) is 6.73. The number of thiazole rings is 1. The average molecular weight is 286 g/mol. The van der Waals surface area contributed by atoms with Crippen LogP contribution in [0.1, 0.15) is 31.2 Å². The molecule has 1 aromatic carbocycles. The molecule has 1 aromatic heterocycles. The Bertz CT molecular complexity index is 535. The van der Waals surface area contributed by atoms with Crippen LogP contribution < -0.4 is 5.32 Å². The van der Waals surface area contributed by atoms with Crippen molar-refractivity contribution in [3.8, 4) is 11.3 Å². The van der Waals surface area contributed by atoms with Crippen molar-refractivity contribution in [1.29, 1.82) is 0 Å². The molecule has 1 aliphatic rings. The minimum absolute atomic E-state index is 0.864. The van der Waals surface area contributed by atoms with Gasteiger partial charge >= 0.3 is 0 Å². The molecule has 0 amide bonds. The zero-order valence-corrected chi connectivity index (χ0v) is 12.8. The first-order valence-corrected chi connectivity index (χ1v) is 8.41. The van der Waals surface area contributed by atoms with Gasteiger partial charge in [0.15, 0.2) is 0 Å². The Labute approximate surface area is 125 Å². The smallest absolute Gasteiger partial charge is 0.107 e. The maximum absolute atomic E-state index is 4.72. The van der Waals surface area contributed by atoms with Crippen molar-refractivity contribution in [2.45, 2.75) is 32.7 Å². The first-order chi connectivity index (χ1) is 9.83. The highest BCUT2D eigenvalue weighted by Gasteiger charge is 2.22. The van der Waals surface area contributed by atoms with Gasteiger partial charge in [-0.3, -0.25) is 0 Å². The SMILES string of the molecule is CC1CCCC1CNCc1nc(-c2ccccc2)cs1. The van der Waals surface area contributed by atoms with Crippen molar-refractivity contribution in [2.24, 2.45) is 11.8 Å². The van der Waals surface area contributed by atoms with E-state index in [2.05, 4.69) is 41.9 Å². The first-order valence-electron chi connectivity index (χ1n) is 7.53. The van der Waals surface area contributed by atoms with Gasteiger partial charge in [0, 0.05) is 17.5 Å². The third-order valence-corrected chi connectivity index (χ3v) is 5.19. The van der Waals surface area contributed by atoms with E-state index in [1.165, 1.54) is 29.8 Å². The zero-order valence-electron chi connectivity index (χ0n) is 12.0. The number of hydrogen-bond acceptors (Lipinski definition) is 3. The van der Waals surface area contributed by atoms with Crippen LogP contribution in [0.15, 0.2) is 35.7 Å². The van der Waals surface area contributed by atoms with Crippen LogP contribution in [0.25, 0.3) is 11.3 Å². The quantitative estimate of drug-likeness (QED) is 0.884. The maximum Gasteiger partial charge on any atom is 0.107 e. The lowest BCUT2D eigenvalue weighted by atomic mass is 9.98. The van der Waals surface area contributed by atoms with E-state index >= 15 is 0 Å². The maximum atomic E-state index is 4.72. The molecule has 0 spiro atoms. The molecule has 1 aliphatic carbocycles. The zero-order chi connectivity index (χ0) is 13.8. The number of rotatable bonds is 5. The molecule has 1 saturated carbocycles. The van der Waals surface area contributed by atoms with Gasteiger partial charge in [-0.1, -0.05) is 50.1 Å². The Kier molecular flexibility index (Phi) is 4.48. The average Bonchev–Trinajstić information content (AvgIpc) is 3.10. The molecule has 0 aliphatic heterocycles. The first kappa shape index (κ1) is 13.8. The fourth-order valence-corrected chi connectivity index (χ4v) is 3.80. The molecule has 20 heavy (non-hydrogen) atoms. The third-order valence-electron chi connectivity index (χ3n) is 4.34. The minimum atomic E-state index is 0.864. The van der Waals surface area contributed by atoms with E-state index in [1.54, 1.807) is 11.3 Å². The molecule has 0 radical (unpaired) electrons. The summed E-state index contributed by atoms with van der Waals surface area (Å²) in [4.78, 5) is 4.72. The molecule has 1 N–H and O–H groups in total. The summed E-state index contributed by atoms with van der Waals surface area (Å²) in [6.45, 7) is 4.43. The van der Waals surface area contributed by atoms with E-state index in [1.807, 2.05) is 6.07 Å². The highest BCUT2D eigenvalue weighted by molar-refractivity contribution is 7.09. The number of benzene rings is 1. The van der Waals surface area contributed by atoms with Crippen molar-refractivity contribution in [3.63, 3.8) is 0 Å². The van der Waals surface area contributed by atoms with E-state index in [0.29, 0.717) is 0 Å². The third kappa shape index (κ3) is 3.28. The Hall–Kier alpha value is -1.19. The summed E-state index contributed by atoms with van der Waals surface area (Å²) in [6.07, 6.45) is 4.20. The minimum Gasteiger partial charge on any atom is -0.310 e. The van der Waals surface area contributed by atoms with Gasteiger partial charge in [0.2, 0.25) is 0 Å². The van der Waals surface area contributed by atoms with Crippen LogP contribution in [0, 0.1) is 11.8 Å². The van der Waals surface area contributed by atoms with Crippen molar-refractivity contribution in [1.82, 2.24) is 10.3 Å². The van der Waals surface area contributed by atoms with Crippen LogP contribution in [-0.2, 0) is 6.54 Å². The molecule has 2 nitrogen and oxygen atoms in total. The molecule has 2 unspecified atom stereocenters. The molecule has 1 fully saturated rings. The van der Waals surface area contributed by atoms with Crippen molar-refractivity contribution in [2.75, 3.05) is 6.54 Å². The second kappa shape index (κ2) is 6.51. The van der Waals surface area contributed by atoms with E-state index < -0.39 is 0 Å². The van der Waals surface area contributed by atoms with Crippen molar-refractivity contribution >= 4 is 11.3 Å². The summed E-state index contributed by atoms with van der Waals surface area (Å²) in [5, 5.41) is 6.93. The Morgan fingerprint density at radius 2 is 2.10 bits per heavy atom. The van der Waals surface area contributed by atoms with Crippen molar-refractivity contribution < 1.29 is 0 Å². The molecule has 2 aromatic rings. The lowest BCUT2D eigenvalue weighted by Gasteiger charge is -2.15. The molecule has 0 saturated heterocycles. The van der Waals surface area contributed by atoms with Crippen LogP contribution in [0.3, 0.4) is 0 Å². The normalized spacial score (nSPS) is 22.2. The molecule has 3 heteroatoms. The summed E-state index contributed by atoms with van der Waals surface area (Å²) in [7, 11) is 0. The molecule has 0 bridgehead atoms. The highest BCUT2D eigenvalue weighted by Crippen LogP contribution is 2.30. The van der Waals surface area contributed by atoms with Gasteiger partial charge in [-0.2, -0.15) is 0 Å². The predicted molar refractivity (Wildman–Crippen MR) is 85.8 cm³/mol. The summed E-state index contributed by atoms with van der Waals surface area (Å²) >= 11 is 1.75. The Morgan fingerprint density at radius 1 is 1.25 bits per heavy atom. The van der Waals surface area contributed by atoms with Crippen LogP contribution in [0.2, 0.25) is 0 Å². The van der Waals surface area contributed by atoms with E-state index in [0.717, 1.165) is 30.6 Å². The van der Waals surface area contributed by atoms with Gasteiger partial charge in [-0.05, 0) is 24.8 Å². The van der Waals surface area contributed by atoms with Gasteiger partial charge < -0.3 is 5.32 Å². The topological polar surface area (TPSA) is 24.9 Å². The van der Waals surface area contributed by atoms with Crippen molar-refractivity contribution in [3.05, 3.63) is 40.7 Å². The highest BCUT2D eigenvalue weighted by atomic mass is 32.1. The van der Waals surface area contributed by atoms with E-state index in [-0.39, 0.29) is 0 Å². The Balaban J connectivity index is 1.53. The summed E-state index contributed by atoms with van der Waals surface area (Å²) in [5.74, 6) is 1.75. The molecule has 106 valence electrons.